The third-order valence-corrected chi connectivity index (χ3v) is 6.23. The summed E-state index contributed by atoms with van der Waals surface area (Å²) in [6.07, 6.45) is -0.0205. The number of benzene rings is 2. The second-order valence-corrected chi connectivity index (χ2v) is 9.08. The maximum absolute atomic E-state index is 12.3. The monoisotopic (exact) mass is 454 g/mol. The fourth-order valence-corrected chi connectivity index (χ4v) is 3.67. The second-order valence-electron chi connectivity index (χ2n) is 6.55. The van der Waals surface area contributed by atoms with Crippen LogP contribution in [0, 0.1) is 6.92 Å². The van der Waals surface area contributed by atoms with Crippen LogP contribution in [0.1, 0.15) is 12.0 Å². The van der Waals surface area contributed by atoms with Crippen molar-refractivity contribution in [1.82, 2.24) is 4.31 Å². The molecule has 2 rings (SSSR count). The van der Waals surface area contributed by atoms with Gasteiger partial charge in [-0.25, -0.2) is 12.7 Å². The zero-order valence-corrected chi connectivity index (χ0v) is 18.4. The zero-order chi connectivity index (χ0) is 22.3. The number of rotatable bonds is 9. The van der Waals surface area contributed by atoms with E-state index in [0.717, 1.165) is 9.87 Å². The van der Waals surface area contributed by atoms with E-state index in [2.05, 4.69) is 5.32 Å². The van der Waals surface area contributed by atoms with Crippen molar-refractivity contribution in [3.05, 3.63) is 53.1 Å². The molecule has 0 aliphatic carbocycles. The van der Waals surface area contributed by atoms with E-state index >= 15 is 0 Å². The predicted octanol–water partition coefficient (Wildman–Crippen LogP) is 2.85. The molecule has 10 heteroatoms. The Hall–Kier alpha value is -2.62. The van der Waals surface area contributed by atoms with Gasteiger partial charge in [-0.3, -0.25) is 9.59 Å². The summed E-state index contributed by atoms with van der Waals surface area (Å²) < 4.78 is 35.9. The van der Waals surface area contributed by atoms with Crippen LogP contribution < -0.4 is 10.1 Å². The molecule has 0 aliphatic rings. The number of amides is 1. The number of hydrogen-bond acceptors (Lipinski definition) is 6. The smallest absolute Gasteiger partial charge is 0.309 e. The van der Waals surface area contributed by atoms with Gasteiger partial charge in [0.05, 0.1) is 18.1 Å². The van der Waals surface area contributed by atoms with Crippen LogP contribution in [0.4, 0.5) is 5.69 Å². The summed E-state index contributed by atoms with van der Waals surface area (Å²) in [7, 11) is -1.03. The zero-order valence-electron chi connectivity index (χ0n) is 16.8. The molecule has 162 valence electrons. The van der Waals surface area contributed by atoms with Crippen LogP contribution in [-0.4, -0.2) is 51.9 Å². The molecule has 30 heavy (non-hydrogen) atoms. The Bertz CT molecular complexity index is 1010. The first-order chi connectivity index (χ1) is 14.1. The number of sulfonamides is 1. The Morgan fingerprint density at radius 2 is 1.77 bits per heavy atom. The minimum Gasteiger partial charge on any atom is -0.493 e. The van der Waals surface area contributed by atoms with E-state index in [9.17, 15) is 18.0 Å². The molecule has 2 aromatic carbocycles. The molecular weight excluding hydrogens is 432 g/mol. The largest absolute Gasteiger partial charge is 0.493 e. The molecule has 0 unspecified atom stereocenters. The van der Waals surface area contributed by atoms with Gasteiger partial charge in [-0.1, -0.05) is 29.3 Å². The molecular formula is C20H23ClN2O6S. The first kappa shape index (κ1) is 23.7. The van der Waals surface area contributed by atoms with Crippen LogP contribution in [0.15, 0.2) is 47.4 Å². The summed E-state index contributed by atoms with van der Waals surface area (Å²) in [6, 6.07) is 11.4. The summed E-state index contributed by atoms with van der Waals surface area (Å²) in [5.41, 5.74) is 1.31. The molecule has 0 spiro atoms. The van der Waals surface area contributed by atoms with E-state index in [-0.39, 0.29) is 28.6 Å². The molecule has 0 bridgehead atoms. The van der Waals surface area contributed by atoms with Gasteiger partial charge in [0.15, 0.2) is 6.61 Å². The molecule has 0 saturated heterocycles. The Kier molecular flexibility index (Phi) is 8.22. The molecule has 0 radical (unpaired) electrons. The van der Waals surface area contributed by atoms with E-state index < -0.39 is 28.5 Å². The van der Waals surface area contributed by atoms with E-state index in [0.29, 0.717) is 5.75 Å². The highest BCUT2D eigenvalue weighted by atomic mass is 35.5. The van der Waals surface area contributed by atoms with E-state index in [1.54, 1.807) is 12.1 Å². The number of halogens is 1. The number of carbonyl (C=O) groups is 2. The number of hydrogen-bond donors (Lipinski definition) is 1. The van der Waals surface area contributed by atoms with Gasteiger partial charge in [0, 0.05) is 19.8 Å². The fraction of sp³-hybridized carbons (Fsp3) is 0.300. The van der Waals surface area contributed by atoms with Crippen molar-refractivity contribution < 1.29 is 27.5 Å². The lowest BCUT2D eigenvalue weighted by Crippen LogP contribution is -2.24. The number of ether oxygens (including phenoxy) is 2. The summed E-state index contributed by atoms with van der Waals surface area (Å²) in [4.78, 5) is 23.6. The first-order valence-corrected chi connectivity index (χ1v) is 10.8. The van der Waals surface area contributed by atoms with Gasteiger partial charge in [0.1, 0.15) is 10.6 Å². The van der Waals surface area contributed by atoms with Crippen LogP contribution in [0.5, 0.6) is 5.75 Å². The first-order valence-electron chi connectivity index (χ1n) is 8.96. The van der Waals surface area contributed by atoms with Crippen molar-refractivity contribution in [1.29, 1.82) is 0 Å². The average Bonchev–Trinajstić information content (AvgIpc) is 2.69. The Morgan fingerprint density at radius 1 is 1.10 bits per heavy atom. The molecule has 1 N–H and O–H groups in total. The van der Waals surface area contributed by atoms with E-state index in [4.69, 9.17) is 21.1 Å². The van der Waals surface area contributed by atoms with Crippen molar-refractivity contribution in [2.75, 3.05) is 32.6 Å². The van der Waals surface area contributed by atoms with Crippen LogP contribution in [0.2, 0.25) is 5.02 Å². The normalized spacial score (nSPS) is 11.2. The van der Waals surface area contributed by atoms with Crippen molar-refractivity contribution in [3.63, 3.8) is 0 Å². The van der Waals surface area contributed by atoms with Gasteiger partial charge in [-0.2, -0.15) is 0 Å². The van der Waals surface area contributed by atoms with Crippen LogP contribution in [0.3, 0.4) is 0 Å². The molecule has 2 aromatic rings. The van der Waals surface area contributed by atoms with Gasteiger partial charge in [0.25, 0.3) is 5.91 Å². The molecule has 0 atom stereocenters. The third-order valence-electron chi connectivity index (χ3n) is 3.93. The predicted molar refractivity (Wildman–Crippen MR) is 113 cm³/mol. The lowest BCUT2D eigenvalue weighted by atomic mass is 10.2. The van der Waals surface area contributed by atoms with E-state index in [1.165, 1.54) is 32.3 Å². The van der Waals surface area contributed by atoms with Gasteiger partial charge in [-0.05, 0) is 37.3 Å². The lowest BCUT2D eigenvalue weighted by Gasteiger charge is -2.14. The summed E-state index contributed by atoms with van der Waals surface area (Å²) in [5, 5.41) is 2.50. The average molecular weight is 455 g/mol. The highest BCUT2D eigenvalue weighted by Crippen LogP contribution is 2.26. The van der Waals surface area contributed by atoms with Crippen molar-refractivity contribution in [2.45, 2.75) is 18.2 Å². The number of nitrogens with one attached hydrogen (secondary N) is 1. The van der Waals surface area contributed by atoms with Crippen molar-refractivity contribution >= 4 is 39.2 Å². The van der Waals surface area contributed by atoms with Crippen LogP contribution >= 0.6 is 11.6 Å². The summed E-state index contributed by atoms with van der Waals surface area (Å²) >= 11 is 5.96. The van der Waals surface area contributed by atoms with Gasteiger partial charge in [0.2, 0.25) is 10.0 Å². The number of esters is 1. The van der Waals surface area contributed by atoms with Crippen molar-refractivity contribution in [3.8, 4) is 5.75 Å². The number of carbonyl (C=O) groups excluding carboxylic acids is 2. The maximum atomic E-state index is 12.3. The molecule has 0 aromatic heterocycles. The molecule has 1 amide bonds. The van der Waals surface area contributed by atoms with Gasteiger partial charge < -0.3 is 14.8 Å². The van der Waals surface area contributed by atoms with E-state index in [1.807, 2.05) is 19.1 Å². The molecule has 8 nitrogen and oxygen atoms in total. The van der Waals surface area contributed by atoms with Gasteiger partial charge >= 0.3 is 5.97 Å². The number of anilines is 1. The molecule has 0 aliphatic heterocycles. The number of nitrogens with zero attached hydrogens (tertiary/aromatic N) is 1. The number of aryl methyl sites for hydroxylation is 1. The van der Waals surface area contributed by atoms with Crippen LogP contribution in [-0.2, 0) is 24.3 Å². The van der Waals surface area contributed by atoms with Gasteiger partial charge in [-0.15, -0.1) is 0 Å². The Morgan fingerprint density at radius 3 is 2.40 bits per heavy atom. The highest BCUT2D eigenvalue weighted by Gasteiger charge is 2.21. The quantitative estimate of drug-likeness (QED) is 0.584. The minimum absolute atomic E-state index is 0.0205. The second kappa shape index (κ2) is 10.4. The highest BCUT2D eigenvalue weighted by molar-refractivity contribution is 7.89. The minimum atomic E-state index is -3.78. The SMILES string of the molecule is Cc1ccc(OCCC(=O)OCC(=O)Nc2ccc(Cl)c(S(=O)(=O)N(C)C)c2)cc1. The third kappa shape index (κ3) is 6.72. The fourth-order valence-electron chi connectivity index (χ4n) is 2.28. The molecule has 0 heterocycles. The lowest BCUT2D eigenvalue weighted by molar-refractivity contribution is -0.147. The van der Waals surface area contributed by atoms with Crippen LogP contribution in [0.25, 0.3) is 0 Å². The summed E-state index contributed by atoms with van der Waals surface area (Å²) in [5.74, 6) is -0.570. The van der Waals surface area contributed by atoms with Crippen molar-refractivity contribution in [2.24, 2.45) is 0 Å². The standard InChI is InChI=1S/C20H23ClN2O6S/c1-14-4-7-16(8-5-14)28-11-10-20(25)29-13-19(24)22-15-6-9-17(21)18(12-15)30(26,27)23(2)3/h4-9,12H,10-11,13H2,1-3H3,(H,22,24). The summed E-state index contributed by atoms with van der Waals surface area (Å²) in [6.45, 7) is 1.56. The maximum Gasteiger partial charge on any atom is 0.309 e. The molecule has 0 fully saturated rings. The Labute approximate surface area is 180 Å². The topological polar surface area (TPSA) is 102 Å². The Balaban J connectivity index is 1.83. The molecule has 0 saturated carbocycles.